The van der Waals surface area contributed by atoms with E-state index in [9.17, 15) is 18.8 Å². The van der Waals surface area contributed by atoms with Crippen molar-refractivity contribution < 1.29 is 23.5 Å². The van der Waals surface area contributed by atoms with Crippen LogP contribution in [0.3, 0.4) is 0 Å². The van der Waals surface area contributed by atoms with Crippen LogP contribution < -0.4 is 15.0 Å². The molecule has 0 radical (unpaired) electrons. The Hall–Kier alpha value is -4.17. The molecule has 0 saturated carbocycles. The first kappa shape index (κ1) is 23.2. The van der Waals surface area contributed by atoms with E-state index in [0.29, 0.717) is 16.5 Å². The zero-order valence-electron chi connectivity index (χ0n) is 19.6. The highest BCUT2D eigenvalue weighted by Crippen LogP contribution is 2.53. The molecule has 2 fully saturated rings. The van der Waals surface area contributed by atoms with Crippen molar-refractivity contribution in [3.63, 3.8) is 0 Å². The number of carbonyl (C=O) groups excluding carboxylic acids is 3. The minimum absolute atomic E-state index is 0.117. The molecule has 0 aromatic heterocycles. The second kappa shape index (κ2) is 8.74. The quantitative estimate of drug-likeness (QED) is 0.510. The largest absolute Gasteiger partial charge is 0.495 e. The summed E-state index contributed by atoms with van der Waals surface area (Å²) in [4.78, 5) is 44.1. The average molecular weight is 518 g/mol. The lowest BCUT2D eigenvalue weighted by molar-refractivity contribution is -0.128. The van der Waals surface area contributed by atoms with E-state index in [2.05, 4.69) is 5.32 Å². The first-order valence-electron chi connectivity index (χ1n) is 11.7. The van der Waals surface area contributed by atoms with E-state index in [1.54, 1.807) is 35.4 Å². The van der Waals surface area contributed by atoms with E-state index in [4.69, 9.17) is 16.3 Å². The lowest BCUT2D eigenvalue weighted by Gasteiger charge is -2.35. The number of amides is 3. The molecule has 37 heavy (non-hydrogen) atoms. The molecule has 3 aliphatic heterocycles. The number of ether oxygens (including phenoxy) is 1. The summed E-state index contributed by atoms with van der Waals surface area (Å²) < 4.78 is 20.1. The van der Waals surface area contributed by atoms with Crippen molar-refractivity contribution in [3.8, 4) is 5.75 Å². The van der Waals surface area contributed by atoms with Crippen LogP contribution in [0.15, 0.2) is 72.9 Å². The molecule has 1 N–H and O–H groups in total. The van der Waals surface area contributed by atoms with Crippen molar-refractivity contribution in [3.05, 3.63) is 94.9 Å². The Morgan fingerprint density at radius 3 is 2.51 bits per heavy atom. The Balaban J connectivity index is 1.46. The van der Waals surface area contributed by atoms with Crippen molar-refractivity contribution in [1.29, 1.82) is 0 Å². The molecule has 3 heterocycles. The van der Waals surface area contributed by atoms with Crippen molar-refractivity contribution in [2.75, 3.05) is 17.3 Å². The molecule has 2 saturated heterocycles. The van der Waals surface area contributed by atoms with Gasteiger partial charge < -0.3 is 15.0 Å². The topological polar surface area (TPSA) is 79.0 Å². The van der Waals surface area contributed by atoms with Crippen molar-refractivity contribution >= 4 is 46.8 Å². The van der Waals surface area contributed by atoms with E-state index in [-0.39, 0.29) is 5.69 Å². The molecular formula is C28H21ClFN3O4. The number of halogens is 2. The maximum absolute atomic E-state index is 14.7. The highest BCUT2D eigenvalue weighted by atomic mass is 35.5. The number of imide groups is 1. The fourth-order valence-corrected chi connectivity index (χ4v) is 5.88. The summed E-state index contributed by atoms with van der Waals surface area (Å²) in [5, 5.41) is 3.23. The van der Waals surface area contributed by atoms with Gasteiger partial charge in [-0.1, -0.05) is 48.0 Å². The Kier molecular flexibility index (Phi) is 5.49. The second-order valence-electron chi connectivity index (χ2n) is 9.13. The van der Waals surface area contributed by atoms with Crippen LogP contribution in [-0.4, -0.2) is 35.8 Å². The monoisotopic (exact) mass is 517 g/mol. The maximum atomic E-state index is 14.7. The Labute approximate surface area is 217 Å². The van der Waals surface area contributed by atoms with Gasteiger partial charge in [-0.3, -0.25) is 14.4 Å². The number of hydrogen-bond acceptors (Lipinski definition) is 5. The fraction of sp³-hybridized carbons (Fsp3) is 0.179. The minimum atomic E-state index is -1.03. The standard InChI is InChI=1S/C28H21ClFN3O4/c1-37-21-11-10-16(29)14-19(21)31-26(34)25-23-22(24-17-7-3-2-6-15(17)12-13-32(24)25)27(35)33(28(23)36)20-9-5-4-8-18(20)30/h2-14,22-25H,1H3,(H,31,34). The molecule has 7 nitrogen and oxygen atoms in total. The summed E-state index contributed by atoms with van der Waals surface area (Å²) in [6.07, 6.45) is 3.61. The van der Waals surface area contributed by atoms with Crippen LogP contribution in [0, 0.1) is 17.7 Å². The van der Waals surface area contributed by atoms with E-state index in [1.807, 2.05) is 30.3 Å². The molecular weight excluding hydrogens is 497 g/mol. The van der Waals surface area contributed by atoms with Crippen LogP contribution in [0.25, 0.3) is 6.08 Å². The first-order valence-corrected chi connectivity index (χ1v) is 12.1. The smallest absolute Gasteiger partial charge is 0.248 e. The van der Waals surface area contributed by atoms with Gasteiger partial charge in [-0.2, -0.15) is 0 Å². The zero-order chi connectivity index (χ0) is 25.8. The van der Waals surface area contributed by atoms with E-state index in [1.165, 1.54) is 25.3 Å². The normalized spacial score (nSPS) is 23.5. The summed E-state index contributed by atoms with van der Waals surface area (Å²) in [6, 6.07) is 16.4. The number of rotatable bonds is 4. The fourth-order valence-electron chi connectivity index (χ4n) is 5.71. The van der Waals surface area contributed by atoms with Gasteiger partial charge in [0.15, 0.2) is 0 Å². The van der Waals surface area contributed by atoms with Gasteiger partial charge in [-0.15, -0.1) is 0 Å². The van der Waals surface area contributed by atoms with Gasteiger partial charge >= 0.3 is 0 Å². The molecule has 0 aliphatic carbocycles. The van der Waals surface area contributed by atoms with Gasteiger partial charge in [0, 0.05) is 11.2 Å². The number of methoxy groups -OCH3 is 1. The second-order valence-corrected chi connectivity index (χ2v) is 9.57. The third kappa shape index (κ3) is 3.51. The van der Waals surface area contributed by atoms with E-state index >= 15 is 0 Å². The predicted molar refractivity (Wildman–Crippen MR) is 136 cm³/mol. The van der Waals surface area contributed by atoms with Gasteiger partial charge in [0.2, 0.25) is 17.7 Å². The van der Waals surface area contributed by atoms with Crippen LogP contribution >= 0.6 is 11.6 Å². The summed E-state index contributed by atoms with van der Waals surface area (Å²) in [6.45, 7) is 0. The summed E-state index contributed by atoms with van der Waals surface area (Å²) in [5.74, 6) is -3.85. The number of carbonyl (C=O) groups is 3. The molecule has 0 spiro atoms. The number of fused-ring (bicyclic) bond motifs is 5. The molecule has 3 amide bonds. The van der Waals surface area contributed by atoms with Crippen LogP contribution in [0.2, 0.25) is 5.02 Å². The van der Waals surface area contributed by atoms with Crippen molar-refractivity contribution in [1.82, 2.24) is 4.90 Å². The Morgan fingerprint density at radius 1 is 1.00 bits per heavy atom. The molecule has 3 aromatic rings. The van der Waals surface area contributed by atoms with Gasteiger partial charge in [0.25, 0.3) is 0 Å². The van der Waals surface area contributed by atoms with Gasteiger partial charge in [-0.05, 0) is 47.5 Å². The van der Waals surface area contributed by atoms with Crippen LogP contribution in [-0.2, 0) is 14.4 Å². The number of hydrogen-bond donors (Lipinski definition) is 1. The minimum Gasteiger partial charge on any atom is -0.495 e. The highest BCUT2D eigenvalue weighted by Gasteiger charge is 2.64. The predicted octanol–water partition coefficient (Wildman–Crippen LogP) is 4.64. The number of nitrogens with one attached hydrogen (secondary N) is 1. The van der Waals surface area contributed by atoms with Crippen molar-refractivity contribution in [2.45, 2.75) is 12.1 Å². The van der Waals surface area contributed by atoms with Gasteiger partial charge in [0.1, 0.15) is 17.6 Å². The molecule has 0 bridgehead atoms. The number of nitrogens with zero attached hydrogens (tertiary/aromatic N) is 2. The van der Waals surface area contributed by atoms with Crippen LogP contribution in [0.4, 0.5) is 15.8 Å². The van der Waals surface area contributed by atoms with Crippen LogP contribution in [0.5, 0.6) is 5.75 Å². The molecule has 6 rings (SSSR count). The number of benzene rings is 3. The molecule has 186 valence electrons. The first-order chi connectivity index (χ1) is 17.9. The zero-order valence-corrected chi connectivity index (χ0v) is 20.4. The van der Waals surface area contributed by atoms with Crippen molar-refractivity contribution in [2.24, 2.45) is 11.8 Å². The molecule has 4 atom stereocenters. The van der Waals surface area contributed by atoms with Gasteiger partial charge in [-0.25, -0.2) is 9.29 Å². The lowest BCUT2D eigenvalue weighted by atomic mass is 9.84. The summed E-state index contributed by atoms with van der Waals surface area (Å²) in [7, 11) is 1.47. The Bertz CT molecular complexity index is 1490. The maximum Gasteiger partial charge on any atom is 0.248 e. The summed E-state index contributed by atoms with van der Waals surface area (Å²) >= 11 is 6.15. The van der Waals surface area contributed by atoms with E-state index < -0.39 is 47.5 Å². The SMILES string of the molecule is COc1ccc(Cl)cc1NC(=O)C1C2C(=O)N(c3ccccc3F)C(=O)C2C2c3ccccc3C=CN12. The number of para-hydroxylation sites is 1. The third-order valence-corrected chi connectivity index (χ3v) is 7.48. The summed E-state index contributed by atoms with van der Waals surface area (Å²) in [5.41, 5.74) is 1.94. The molecule has 3 aliphatic rings. The molecule has 3 aromatic carbocycles. The Morgan fingerprint density at radius 2 is 1.73 bits per heavy atom. The van der Waals surface area contributed by atoms with Gasteiger partial charge in [0.05, 0.1) is 36.4 Å². The average Bonchev–Trinajstić information content (AvgIpc) is 3.37. The number of anilines is 2. The molecule has 4 unspecified atom stereocenters. The van der Waals surface area contributed by atoms with E-state index in [0.717, 1.165) is 16.0 Å². The highest BCUT2D eigenvalue weighted by molar-refractivity contribution is 6.31. The van der Waals surface area contributed by atoms with Crippen LogP contribution in [0.1, 0.15) is 17.2 Å². The lowest BCUT2D eigenvalue weighted by Crippen LogP contribution is -2.46. The third-order valence-electron chi connectivity index (χ3n) is 7.24. The molecule has 9 heteroatoms.